The van der Waals surface area contributed by atoms with Crippen molar-refractivity contribution in [1.29, 1.82) is 0 Å². The number of carbonyl (C=O) groups excluding carboxylic acids is 2. The Hall–Kier alpha value is -3.62. The van der Waals surface area contributed by atoms with Gasteiger partial charge in [-0.25, -0.2) is 0 Å². The Morgan fingerprint density at radius 1 is 1.20 bits per heavy atom. The molecule has 0 saturated heterocycles. The highest BCUT2D eigenvalue weighted by Crippen LogP contribution is 2.30. The monoisotopic (exact) mass is 415 g/mol. The van der Waals surface area contributed by atoms with Crippen molar-refractivity contribution in [2.75, 3.05) is 20.3 Å². The molecule has 2 amide bonds. The van der Waals surface area contributed by atoms with E-state index in [1.54, 1.807) is 13.8 Å². The van der Waals surface area contributed by atoms with E-state index < -0.39 is 16.9 Å². The third kappa shape index (κ3) is 5.94. The molecule has 0 aliphatic heterocycles. The highest BCUT2D eigenvalue weighted by Gasteiger charge is 2.26. The van der Waals surface area contributed by atoms with Crippen LogP contribution in [0.3, 0.4) is 0 Å². The average molecular weight is 415 g/mol. The standard InChI is InChI=1S/C21H25N3O6/c1-4-22-21(26)15(2)23(13-16-8-6-5-7-9-16)20(25)14-30-17-10-11-18(24(27)28)19(12-17)29-3/h5-12,15H,4,13-14H2,1-3H3,(H,22,26). The number of benzene rings is 2. The molecule has 0 aliphatic carbocycles. The van der Waals surface area contributed by atoms with Gasteiger partial charge >= 0.3 is 5.69 Å². The zero-order valence-electron chi connectivity index (χ0n) is 17.2. The van der Waals surface area contributed by atoms with Gasteiger partial charge in [-0.05, 0) is 25.5 Å². The molecule has 9 nitrogen and oxygen atoms in total. The lowest BCUT2D eigenvalue weighted by Gasteiger charge is -2.28. The molecular weight excluding hydrogens is 390 g/mol. The van der Waals surface area contributed by atoms with E-state index in [2.05, 4.69) is 5.32 Å². The van der Waals surface area contributed by atoms with Crippen LogP contribution < -0.4 is 14.8 Å². The van der Waals surface area contributed by atoms with Gasteiger partial charge in [-0.3, -0.25) is 19.7 Å². The highest BCUT2D eigenvalue weighted by atomic mass is 16.6. The van der Waals surface area contributed by atoms with Gasteiger partial charge in [0.15, 0.2) is 6.61 Å². The van der Waals surface area contributed by atoms with E-state index in [0.717, 1.165) is 5.56 Å². The number of likely N-dealkylation sites (N-methyl/N-ethyl adjacent to an activating group) is 1. The molecule has 1 N–H and O–H groups in total. The predicted molar refractivity (Wildman–Crippen MR) is 110 cm³/mol. The molecule has 2 aromatic carbocycles. The average Bonchev–Trinajstić information content (AvgIpc) is 2.75. The third-order valence-electron chi connectivity index (χ3n) is 4.42. The molecule has 2 aromatic rings. The van der Waals surface area contributed by atoms with E-state index in [1.807, 2.05) is 30.3 Å². The van der Waals surface area contributed by atoms with Crippen molar-refractivity contribution in [3.63, 3.8) is 0 Å². The Balaban J connectivity index is 2.15. The molecule has 1 atom stereocenters. The summed E-state index contributed by atoms with van der Waals surface area (Å²) in [6.45, 7) is 3.82. The van der Waals surface area contributed by atoms with Crippen molar-refractivity contribution < 1.29 is 24.0 Å². The molecule has 0 fully saturated rings. The molecule has 1 unspecified atom stereocenters. The number of hydrogen-bond acceptors (Lipinski definition) is 6. The molecule has 0 bridgehead atoms. The Kier molecular flexibility index (Phi) is 8.16. The van der Waals surface area contributed by atoms with Crippen LogP contribution in [-0.4, -0.2) is 47.9 Å². The van der Waals surface area contributed by atoms with Crippen molar-refractivity contribution in [2.45, 2.75) is 26.4 Å². The van der Waals surface area contributed by atoms with Crippen LogP contribution in [0.1, 0.15) is 19.4 Å². The zero-order valence-corrected chi connectivity index (χ0v) is 17.2. The van der Waals surface area contributed by atoms with Gasteiger partial charge in [0.25, 0.3) is 5.91 Å². The van der Waals surface area contributed by atoms with E-state index in [9.17, 15) is 19.7 Å². The summed E-state index contributed by atoms with van der Waals surface area (Å²) in [5.74, 6) is -0.383. The molecule has 9 heteroatoms. The first-order chi connectivity index (χ1) is 14.4. The summed E-state index contributed by atoms with van der Waals surface area (Å²) in [7, 11) is 1.31. The summed E-state index contributed by atoms with van der Waals surface area (Å²) < 4.78 is 10.5. The highest BCUT2D eigenvalue weighted by molar-refractivity contribution is 5.87. The SMILES string of the molecule is CCNC(=O)C(C)N(Cc1ccccc1)C(=O)COc1ccc([N+](=O)[O-])c(OC)c1. The molecule has 0 radical (unpaired) electrons. The van der Waals surface area contributed by atoms with Crippen molar-refractivity contribution in [1.82, 2.24) is 10.2 Å². The molecule has 2 rings (SSSR count). The van der Waals surface area contributed by atoms with Gasteiger partial charge in [0, 0.05) is 25.2 Å². The van der Waals surface area contributed by atoms with Crippen molar-refractivity contribution in [2.24, 2.45) is 0 Å². The van der Waals surface area contributed by atoms with E-state index in [0.29, 0.717) is 6.54 Å². The second kappa shape index (κ2) is 10.8. The minimum atomic E-state index is -0.701. The number of nitro groups is 1. The lowest BCUT2D eigenvalue weighted by molar-refractivity contribution is -0.385. The van der Waals surface area contributed by atoms with Gasteiger partial charge < -0.3 is 19.7 Å². The quantitative estimate of drug-likeness (QED) is 0.472. The Labute approximate surface area is 174 Å². The fraction of sp³-hybridized carbons (Fsp3) is 0.333. The maximum atomic E-state index is 12.9. The first-order valence-electron chi connectivity index (χ1n) is 9.43. The van der Waals surface area contributed by atoms with Gasteiger partial charge in [0.05, 0.1) is 12.0 Å². The number of ether oxygens (including phenoxy) is 2. The van der Waals surface area contributed by atoms with Crippen LogP contribution in [-0.2, 0) is 16.1 Å². The number of methoxy groups -OCH3 is 1. The summed E-state index contributed by atoms with van der Waals surface area (Å²) in [6, 6.07) is 12.6. The molecule has 0 heterocycles. The fourth-order valence-corrected chi connectivity index (χ4v) is 2.81. The number of rotatable bonds is 10. The third-order valence-corrected chi connectivity index (χ3v) is 4.42. The topological polar surface area (TPSA) is 111 Å². The largest absolute Gasteiger partial charge is 0.490 e. The number of amides is 2. The molecule has 0 aliphatic rings. The molecule has 0 saturated carbocycles. The zero-order chi connectivity index (χ0) is 22.1. The van der Waals surface area contributed by atoms with Crippen LogP contribution in [0.2, 0.25) is 0 Å². The van der Waals surface area contributed by atoms with Crippen molar-refractivity contribution >= 4 is 17.5 Å². The number of carbonyl (C=O) groups is 2. The fourth-order valence-electron chi connectivity index (χ4n) is 2.81. The van der Waals surface area contributed by atoms with Crippen LogP contribution in [0, 0.1) is 10.1 Å². The number of nitrogens with one attached hydrogen (secondary N) is 1. The number of nitro benzene ring substituents is 1. The normalized spacial score (nSPS) is 11.3. The Morgan fingerprint density at radius 3 is 2.50 bits per heavy atom. The van der Waals surface area contributed by atoms with Gasteiger partial charge in [0.2, 0.25) is 11.7 Å². The molecule has 160 valence electrons. The molecule has 0 spiro atoms. The van der Waals surface area contributed by atoms with Gasteiger partial charge in [-0.15, -0.1) is 0 Å². The van der Waals surface area contributed by atoms with Crippen LogP contribution in [0.25, 0.3) is 0 Å². The molecular formula is C21H25N3O6. The molecule has 0 aromatic heterocycles. The van der Waals surface area contributed by atoms with Crippen LogP contribution >= 0.6 is 0 Å². The van der Waals surface area contributed by atoms with Crippen LogP contribution in [0.4, 0.5) is 5.69 Å². The van der Waals surface area contributed by atoms with E-state index in [1.165, 1.54) is 30.2 Å². The lowest BCUT2D eigenvalue weighted by atomic mass is 10.1. The van der Waals surface area contributed by atoms with E-state index >= 15 is 0 Å². The summed E-state index contributed by atoms with van der Waals surface area (Å²) in [4.78, 5) is 37.1. The Bertz CT molecular complexity index is 888. The first kappa shape index (κ1) is 22.7. The second-order valence-corrected chi connectivity index (χ2v) is 6.46. The Morgan fingerprint density at radius 2 is 1.90 bits per heavy atom. The van der Waals surface area contributed by atoms with Gasteiger partial charge in [-0.2, -0.15) is 0 Å². The number of nitrogens with zero attached hydrogens (tertiary/aromatic N) is 2. The van der Waals surface area contributed by atoms with E-state index in [4.69, 9.17) is 9.47 Å². The van der Waals surface area contributed by atoms with Gasteiger partial charge in [0.1, 0.15) is 11.8 Å². The van der Waals surface area contributed by atoms with E-state index in [-0.39, 0.29) is 36.2 Å². The first-order valence-corrected chi connectivity index (χ1v) is 9.43. The predicted octanol–water partition coefficient (Wildman–Crippen LogP) is 2.54. The van der Waals surface area contributed by atoms with Crippen molar-refractivity contribution in [3.8, 4) is 11.5 Å². The summed E-state index contributed by atoms with van der Waals surface area (Å²) in [5.41, 5.74) is 0.672. The van der Waals surface area contributed by atoms with Crippen LogP contribution in [0.15, 0.2) is 48.5 Å². The number of hydrogen-bond donors (Lipinski definition) is 1. The second-order valence-electron chi connectivity index (χ2n) is 6.46. The lowest BCUT2D eigenvalue weighted by Crippen LogP contribution is -2.49. The minimum absolute atomic E-state index is 0.0294. The minimum Gasteiger partial charge on any atom is -0.490 e. The van der Waals surface area contributed by atoms with Crippen LogP contribution in [0.5, 0.6) is 11.5 Å². The summed E-state index contributed by atoms with van der Waals surface area (Å²) in [6.07, 6.45) is 0. The molecule has 30 heavy (non-hydrogen) atoms. The van der Waals surface area contributed by atoms with Gasteiger partial charge in [-0.1, -0.05) is 30.3 Å². The maximum Gasteiger partial charge on any atom is 0.311 e. The summed E-state index contributed by atoms with van der Waals surface area (Å²) >= 11 is 0. The summed E-state index contributed by atoms with van der Waals surface area (Å²) in [5, 5.41) is 13.7. The van der Waals surface area contributed by atoms with Crippen molar-refractivity contribution in [3.05, 3.63) is 64.2 Å². The maximum absolute atomic E-state index is 12.9. The smallest absolute Gasteiger partial charge is 0.311 e.